The molecule has 0 radical (unpaired) electrons. The number of ether oxygens (including phenoxy) is 2. The Hall–Kier alpha value is -3.36. The quantitative estimate of drug-likeness (QED) is 0.513. The first-order valence-corrected chi connectivity index (χ1v) is 13.4. The number of nitrogens with zero attached hydrogens (tertiary/aromatic N) is 3. The maximum Gasteiger partial charge on any atom is 0.225 e. The summed E-state index contributed by atoms with van der Waals surface area (Å²) >= 11 is 0. The van der Waals surface area contributed by atoms with E-state index < -0.39 is 12.1 Å². The molecule has 0 saturated carbocycles. The van der Waals surface area contributed by atoms with E-state index in [1.54, 1.807) is 0 Å². The van der Waals surface area contributed by atoms with Gasteiger partial charge in [-0.1, -0.05) is 24.3 Å². The lowest BCUT2D eigenvalue weighted by Gasteiger charge is -2.30. The smallest absolute Gasteiger partial charge is 0.225 e. The van der Waals surface area contributed by atoms with Gasteiger partial charge in [0, 0.05) is 25.0 Å². The first kappa shape index (κ1) is 24.0. The molecular formula is C29H34N4O4. The summed E-state index contributed by atoms with van der Waals surface area (Å²) in [6.07, 6.45) is 2.21. The molecule has 0 spiro atoms. The van der Waals surface area contributed by atoms with Gasteiger partial charge in [0.2, 0.25) is 5.91 Å². The van der Waals surface area contributed by atoms with Crippen LogP contribution in [0.15, 0.2) is 54.6 Å². The van der Waals surface area contributed by atoms with Gasteiger partial charge in [0.15, 0.2) is 11.5 Å². The number of rotatable bonds is 7. The monoisotopic (exact) mass is 502 g/mol. The second-order valence-corrected chi connectivity index (χ2v) is 10.3. The number of anilines is 1. The first-order chi connectivity index (χ1) is 18.1. The molecule has 0 aliphatic carbocycles. The molecular weight excluding hydrogens is 468 g/mol. The summed E-state index contributed by atoms with van der Waals surface area (Å²) in [5.74, 6) is 2.07. The summed E-state index contributed by atoms with van der Waals surface area (Å²) in [5.41, 5.74) is 1.68. The fraction of sp³-hybridized carbons (Fsp3) is 0.448. The van der Waals surface area contributed by atoms with Crippen LogP contribution in [0.5, 0.6) is 11.5 Å². The molecule has 3 aromatic rings. The van der Waals surface area contributed by atoms with Crippen molar-refractivity contribution < 1.29 is 19.4 Å². The fourth-order valence-corrected chi connectivity index (χ4v) is 5.66. The van der Waals surface area contributed by atoms with Gasteiger partial charge in [-0.15, -0.1) is 0 Å². The van der Waals surface area contributed by atoms with Gasteiger partial charge in [-0.2, -0.15) is 0 Å². The number of pyridine rings is 1. The Bertz CT molecular complexity index is 1260. The van der Waals surface area contributed by atoms with Crippen molar-refractivity contribution in [1.29, 1.82) is 0 Å². The van der Waals surface area contributed by atoms with Gasteiger partial charge in [-0.05, 0) is 68.2 Å². The van der Waals surface area contributed by atoms with E-state index in [4.69, 9.17) is 14.5 Å². The maximum atomic E-state index is 13.5. The van der Waals surface area contributed by atoms with Crippen LogP contribution in [0.2, 0.25) is 0 Å². The number of carbonyl (C=O) groups excluding carboxylic acids is 1. The number of fused-ring (bicyclic) bond motifs is 2. The number of nitrogens with one attached hydrogen (secondary N) is 1. The molecule has 2 N–H and O–H groups in total. The minimum atomic E-state index is -0.847. The Balaban J connectivity index is 1.15. The van der Waals surface area contributed by atoms with Crippen LogP contribution >= 0.6 is 0 Å². The number of likely N-dealkylation sites (tertiary alicyclic amines) is 1. The summed E-state index contributed by atoms with van der Waals surface area (Å²) < 4.78 is 11.4. The van der Waals surface area contributed by atoms with Gasteiger partial charge in [0.25, 0.3) is 0 Å². The van der Waals surface area contributed by atoms with Crippen LogP contribution in [0.25, 0.3) is 10.9 Å². The number of aliphatic hydroxyl groups excluding tert-OH is 1. The van der Waals surface area contributed by atoms with Crippen molar-refractivity contribution in [2.75, 3.05) is 50.8 Å². The van der Waals surface area contributed by atoms with E-state index in [2.05, 4.69) is 27.2 Å². The molecule has 3 aliphatic rings. The zero-order valence-electron chi connectivity index (χ0n) is 21.0. The Labute approximate surface area is 217 Å². The highest BCUT2D eigenvalue weighted by atomic mass is 16.6. The number of aromatic nitrogens is 1. The first-order valence-electron chi connectivity index (χ1n) is 13.4. The number of para-hydroxylation sites is 1. The third kappa shape index (κ3) is 5.22. The van der Waals surface area contributed by atoms with E-state index in [-0.39, 0.29) is 11.8 Å². The molecule has 2 aromatic carbocycles. The van der Waals surface area contributed by atoms with Gasteiger partial charge in [0.1, 0.15) is 25.1 Å². The number of hydrogen-bond donors (Lipinski definition) is 2. The van der Waals surface area contributed by atoms with Crippen molar-refractivity contribution in [2.24, 2.45) is 5.92 Å². The lowest BCUT2D eigenvalue weighted by molar-refractivity contribution is -0.126. The highest BCUT2D eigenvalue weighted by molar-refractivity contribution is 5.82. The van der Waals surface area contributed by atoms with E-state index in [0.717, 1.165) is 61.2 Å². The highest BCUT2D eigenvalue weighted by Gasteiger charge is 2.33. The highest BCUT2D eigenvalue weighted by Crippen LogP contribution is 2.34. The average Bonchev–Trinajstić information content (AvgIpc) is 3.64. The van der Waals surface area contributed by atoms with Crippen LogP contribution in [-0.4, -0.2) is 72.9 Å². The predicted molar refractivity (Wildman–Crippen MR) is 142 cm³/mol. The van der Waals surface area contributed by atoms with Gasteiger partial charge < -0.3 is 29.7 Å². The lowest BCUT2D eigenvalue weighted by Crippen LogP contribution is -2.48. The number of carbonyl (C=O) groups is 1. The number of hydrogen-bond acceptors (Lipinski definition) is 7. The van der Waals surface area contributed by atoms with E-state index >= 15 is 0 Å². The standard InChI is InChI=1S/C29H34N4O4/c34-28(21-7-9-25-26(17-21)37-16-15-36-25)24(19-32-12-3-4-13-32)31-29(35)22-11-14-33(18-22)27-10-8-20-5-1-2-6-23(20)30-27/h1-2,5-10,17,22,24,28,34H,3-4,11-16,18-19H2,(H,31,35)/t22-,24?,28?/m0/s1. The van der Waals surface area contributed by atoms with Gasteiger partial charge in [-0.3, -0.25) is 4.79 Å². The molecule has 8 nitrogen and oxygen atoms in total. The second-order valence-electron chi connectivity index (χ2n) is 10.3. The third-order valence-corrected chi connectivity index (χ3v) is 7.74. The molecule has 2 fully saturated rings. The normalized spacial score (nSPS) is 21.2. The van der Waals surface area contributed by atoms with Crippen LogP contribution in [0.4, 0.5) is 5.82 Å². The molecule has 1 amide bonds. The molecule has 3 atom stereocenters. The number of benzene rings is 2. The Kier molecular flexibility index (Phi) is 6.85. The van der Waals surface area contributed by atoms with Crippen molar-refractivity contribution in [3.05, 3.63) is 60.2 Å². The molecule has 2 unspecified atom stereocenters. The fourth-order valence-electron chi connectivity index (χ4n) is 5.66. The number of amides is 1. The SMILES string of the molecule is O=C(NC(CN1CCCC1)C(O)c1ccc2c(c1)OCCO2)[C@H]1CCN(c2ccc3ccccc3n2)C1. The Morgan fingerprint density at radius 1 is 1.03 bits per heavy atom. The summed E-state index contributed by atoms with van der Waals surface area (Å²) in [5, 5.41) is 15.7. The van der Waals surface area contributed by atoms with E-state index in [1.165, 1.54) is 0 Å². The van der Waals surface area contributed by atoms with Crippen LogP contribution in [0, 0.1) is 5.92 Å². The largest absolute Gasteiger partial charge is 0.486 e. The molecule has 4 heterocycles. The molecule has 1 aromatic heterocycles. The average molecular weight is 503 g/mol. The van der Waals surface area contributed by atoms with Gasteiger partial charge in [-0.25, -0.2) is 4.98 Å². The minimum absolute atomic E-state index is 0.0101. The van der Waals surface area contributed by atoms with Gasteiger partial charge >= 0.3 is 0 Å². The summed E-state index contributed by atoms with van der Waals surface area (Å²) in [6.45, 7) is 5.01. The predicted octanol–water partition coefficient (Wildman–Crippen LogP) is 3.15. The van der Waals surface area contributed by atoms with Crippen LogP contribution in [0.1, 0.15) is 30.9 Å². The zero-order chi connectivity index (χ0) is 25.2. The molecule has 6 rings (SSSR count). The van der Waals surface area contributed by atoms with Crippen LogP contribution < -0.4 is 19.7 Å². The molecule has 3 aliphatic heterocycles. The van der Waals surface area contributed by atoms with Gasteiger partial charge in [0.05, 0.1) is 17.5 Å². The molecule has 2 saturated heterocycles. The molecule has 194 valence electrons. The molecule has 0 bridgehead atoms. The van der Waals surface area contributed by atoms with E-state index in [9.17, 15) is 9.90 Å². The van der Waals surface area contributed by atoms with E-state index in [0.29, 0.717) is 37.8 Å². The topological polar surface area (TPSA) is 87.2 Å². The van der Waals surface area contributed by atoms with Crippen molar-refractivity contribution in [3.63, 3.8) is 0 Å². The van der Waals surface area contributed by atoms with Crippen molar-refractivity contribution >= 4 is 22.6 Å². The lowest BCUT2D eigenvalue weighted by atomic mass is 9.99. The van der Waals surface area contributed by atoms with Crippen LogP contribution in [0.3, 0.4) is 0 Å². The summed E-state index contributed by atoms with van der Waals surface area (Å²) in [4.78, 5) is 22.8. The van der Waals surface area contributed by atoms with Crippen molar-refractivity contribution in [3.8, 4) is 11.5 Å². The summed E-state index contributed by atoms with van der Waals surface area (Å²) in [7, 11) is 0. The zero-order valence-corrected chi connectivity index (χ0v) is 21.0. The third-order valence-electron chi connectivity index (χ3n) is 7.74. The minimum Gasteiger partial charge on any atom is -0.486 e. The Morgan fingerprint density at radius 3 is 2.70 bits per heavy atom. The molecule has 37 heavy (non-hydrogen) atoms. The summed E-state index contributed by atoms with van der Waals surface area (Å²) in [6, 6.07) is 17.3. The maximum absolute atomic E-state index is 13.5. The van der Waals surface area contributed by atoms with Crippen molar-refractivity contribution in [1.82, 2.24) is 15.2 Å². The van der Waals surface area contributed by atoms with Crippen LogP contribution in [-0.2, 0) is 4.79 Å². The van der Waals surface area contributed by atoms with Crippen molar-refractivity contribution in [2.45, 2.75) is 31.4 Å². The number of aliphatic hydroxyl groups is 1. The Morgan fingerprint density at radius 2 is 1.84 bits per heavy atom. The molecule has 8 heteroatoms. The second kappa shape index (κ2) is 10.6. The van der Waals surface area contributed by atoms with E-state index in [1.807, 2.05) is 42.5 Å².